The summed E-state index contributed by atoms with van der Waals surface area (Å²) in [5, 5.41) is 9.85. The molecule has 2 N–H and O–H groups in total. The molecule has 11 heteroatoms. The van der Waals surface area contributed by atoms with Crippen LogP contribution >= 0.6 is 0 Å². The first-order chi connectivity index (χ1) is 18.6. The van der Waals surface area contributed by atoms with Crippen LogP contribution in [0.5, 0.6) is 5.75 Å². The predicted molar refractivity (Wildman–Crippen MR) is 139 cm³/mol. The van der Waals surface area contributed by atoms with E-state index in [1.54, 1.807) is 6.07 Å². The molecule has 0 aliphatic rings. The van der Waals surface area contributed by atoms with Crippen molar-refractivity contribution in [2.45, 2.75) is 39.0 Å². The van der Waals surface area contributed by atoms with Crippen LogP contribution in [0, 0.1) is 5.82 Å². The van der Waals surface area contributed by atoms with Crippen LogP contribution in [0.2, 0.25) is 0 Å². The summed E-state index contributed by atoms with van der Waals surface area (Å²) in [5.41, 5.74) is 3.60. The summed E-state index contributed by atoms with van der Waals surface area (Å²) >= 11 is 0. The molecule has 39 heavy (non-hydrogen) atoms. The Bertz CT molecular complexity index is 1400. The second-order valence-electron chi connectivity index (χ2n) is 9.16. The number of halogens is 4. The number of amides is 2. The Morgan fingerprint density at radius 1 is 1.03 bits per heavy atom. The number of alkyl halides is 3. The summed E-state index contributed by atoms with van der Waals surface area (Å²) < 4.78 is 56.2. The second-order valence-corrected chi connectivity index (χ2v) is 9.16. The molecule has 0 fully saturated rings. The van der Waals surface area contributed by atoms with Gasteiger partial charge < -0.3 is 15.4 Å². The van der Waals surface area contributed by atoms with Gasteiger partial charge >= 0.3 is 12.4 Å². The lowest BCUT2D eigenvalue weighted by Crippen LogP contribution is -2.29. The Labute approximate surface area is 222 Å². The van der Waals surface area contributed by atoms with E-state index in [4.69, 9.17) is 0 Å². The number of rotatable bonds is 9. The van der Waals surface area contributed by atoms with Gasteiger partial charge in [0.2, 0.25) is 0 Å². The highest BCUT2D eigenvalue weighted by Crippen LogP contribution is 2.24. The molecule has 0 unspecified atom stereocenters. The third-order valence-electron chi connectivity index (χ3n) is 5.81. The third kappa shape index (κ3) is 8.03. The van der Waals surface area contributed by atoms with E-state index in [0.717, 1.165) is 23.1 Å². The van der Waals surface area contributed by atoms with Crippen LogP contribution in [0.3, 0.4) is 0 Å². The summed E-state index contributed by atoms with van der Waals surface area (Å²) in [4.78, 5) is 16.5. The first-order valence-corrected chi connectivity index (χ1v) is 12.3. The summed E-state index contributed by atoms with van der Waals surface area (Å²) in [5.74, 6) is -0.0986. The molecule has 0 atom stereocenters. The first kappa shape index (κ1) is 27.6. The molecule has 0 radical (unpaired) electrons. The van der Waals surface area contributed by atoms with Crippen molar-refractivity contribution < 1.29 is 27.1 Å². The number of carbonyl (C=O) groups excluding carboxylic acids is 1. The van der Waals surface area contributed by atoms with Crippen molar-refractivity contribution in [3.63, 3.8) is 0 Å². The van der Waals surface area contributed by atoms with E-state index in [0.29, 0.717) is 30.2 Å². The van der Waals surface area contributed by atoms with Crippen molar-refractivity contribution >= 4 is 11.7 Å². The van der Waals surface area contributed by atoms with Crippen molar-refractivity contribution in [3.8, 4) is 22.8 Å². The zero-order valence-electron chi connectivity index (χ0n) is 21.3. The topological polar surface area (TPSA) is 81.1 Å². The van der Waals surface area contributed by atoms with Crippen molar-refractivity contribution in [2.24, 2.45) is 0 Å². The lowest BCUT2D eigenvalue weighted by Gasteiger charge is -2.11. The number of aryl methyl sites for hydroxylation is 1. The SMILES string of the molecule is CC(C)c1cc(F)cc(NC(=O)NCCCc2ccc(-c3ncn(-c4ccc(OC(F)(F)F)cc4)n3)cc2)c1. The summed E-state index contributed by atoms with van der Waals surface area (Å²) in [6, 6.07) is 17.1. The number of aromatic nitrogens is 3. The molecule has 0 bridgehead atoms. The lowest BCUT2D eigenvalue weighted by molar-refractivity contribution is -0.274. The molecule has 0 saturated heterocycles. The number of nitrogens with one attached hydrogen (secondary N) is 2. The molecule has 3 aromatic carbocycles. The molecule has 1 aromatic heterocycles. The average Bonchev–Trinajstić information content (AvgIpc) is 3.36. The number of nitrogens with zero attached hydrogens (tertiary/aromatic N) is 3. The van der Waals surface area contributed by atoms with E-state index in [9.17, 15) is 22.4 Å². The van der Waals surface area contributed by atoms with Gasteiger partial charge in [-0.25, -0.2) is 18.9 Å². The van der Waals surface area contributed by atoms with Crippen LogP contribution in [-0.2, 0) is 6.42 Å². The van der Waals surface area contributed by atoms with Gasteiger partial charge in [-0.2, -0.15) is 0 Å². The van der Waals surface area contributed by atoms with E-state index < -0.39 is 18.2 Å². The minimum atomic E-state index is -4.75. The summed E-state index contributed by atoms with van der Waals surface area (Å²) in [6.07, 6.45) is -1.84. The molecule has 4 rings (SSSR count). The highest BCUT2D eigenvalue weighted by atomic mass is 19.4. The van der Waals surface area contributed by atoms with Crippen LogP contribution in [0.15, 0.2) is 73.1 Å². The number of ether oxygens (including phenoxy) is 1. The molecular formula is C28H27F4N5O2. The van der Waals surface area contributed by atoms with Crippen molar-refractivity contribution in [3.05, 3.63) is 90.0 Å². The second kappa shape index (κ2) is 12.0. The molecular weight excluding hydrogens is 514 g/mol. The zero-order chi connectivity index (χ0) is 28.0. The maximum atomic E-state index is 13.8. The van der Waals surface area contributed by atoms with Gasteiger partial charge in [-0.05, 0) is 72.4 Å². The normalized spacial score (nSPS) is 11.5. The molecule has 7 nitrogen and oxygen atoms in total. The number of carbonyl (C=O) groups is 1. The standard InChI is InChI=1S/C28H27F4N5O2/c1-18(2)21-14-22(29)16-23(15-21)35-27(38)33-13-3-4-19-5-7-20(8-6-19)26-34-17-37(36-26)24-9-11-25(12-10-24)39-28(30,31)32/h5-12,14-18H,3-4,13H2,1-2H3,(H2,33,35,38). The maximum Gasteiger partial charge on any atom is 0.573 e. The minimum absolute atomic E-state index is 0.143. The quantitative estimate of drug-likeness (QED) is 0.179. The fourth-order valence-electron chi connectivity index (χ4n) is 3.83. The van der Waals surface area contributed by atoms with Crippen molar-refractivity contribution in [1.82, 2.24) is 20.1 Å². The molecule has 1 heterocycles. The number of urea groups is 1. The maximum absolute atomic E-state index is 13.8. The Morgan fingerprint density at radius 3 is 2.41 bits per heavy atom. The molecule has 2 amide bonds. The molecule has 204 valence electrons. The smallest absolute Gasteiger partial charge is 0.406 e. The lowest BCUT2D eigenvalue weighted by atomic mass is 10.0. The van der Waals surface area contributed by atoms with Crippen LogP contribution in [0.25, 0.3) is 17.1 Å². The Morgan fingerprint density at radius 2 is 1.74 bits per heavy atom. The van der Waals surface area contributed by atoms with Gasteiger partial charge in [0.15, 0.2) is 5.82 Å². The average molecular weight is 542 g/mol. The van der Waals surface area contributed by atoms with Gasteiger partial charge in [0.1, 0.15) is 17.9 Å². The number of hydrogen-bond acceptors (Lipinski definition) is 4. The van der Waals surface area contributed by atoms with Gasteiger partial charge in [0.05, 0.1) is 5.69 Å². The molecule has 0 saturated carbocycles. The van der Waals surface area contributed by atoms with Gasteiger partial charge in [0, 0.05) is 17.8 Å². The van der Waals surface area contributed by atoms with Crippen LogP contribution in [0.1, 0.15) is 37.3 Å². The van der Waals surface area contributed by atoms with E-state index in [-0.39, 0.29) is 11.7 Å². The molecule has 4 aromatic rings. The molecule has 0 spiro atoms. The Hall–Kier alpha value is -4.41. The van der Waals surface area contributed by atoms with Crippen molar-refractivity contribution in [2.75, 3.05) is 11.9 Å². The van der Waals surface area contributed by atoms with E-state index in [1.807, 2.05) is 38.1 Å². The molecule has 0 aliphatic carbocycles. The first-order valence-electron chi connectivity index (χ1n) is 12.3. The van der Waals surface area contributed by atoms with Gasteiger partial charge in [-0.3, -0.25) is 0 Å². The van der Waals surface area contributed by atoms with Gasteiger partial charge in [-0.15, -0.1) is 18.3 Å². The van der Waals surface area contributed by atoms with E-state index in [1.165, 1.54) is 47.4 Å². The Kier molecular flexibility index (Phi) is 8.48. The fraction of sp³-hybridized carbons (Fsp3) is 0.250. The fourth-order valence-corrected chi connectivity index (χ4v) is 3.83. The third-order valence-corrected chi connectivity index (χ3v) is 5.81. The van der Waals surface area contributed by atoms with E-state index in [2.05, 4.69) is 25.5 Å². The summed E-state index contributed by atoms with van der Waals surface area (Å²) in [7, 11) is 0. The van der Waals surface area contributed by atoms with Crippen LogP contribution < -0.4 is 15.4 Å². The van der Waals surface area contributed by atoms with Gasteiger partial charge in [0.25, 0.3) is 0 Å². The highest BCUT2D eigenvalue weighted by molar-refractivity contribution is 5.89. The predicted octanol–water partition coefficient (Wildman–Crippen LogP) is 6.85. The Balaban J connectivity index is 1.25. The number of benzene rings is 3. The van der Waals surface area contributed by atoms with Crippen LogP contribution in [-0.4, -0.2) is 33.7 Å². The van der Waals surface area contributed by atoms with Crippen LogP contribution in [0.4, 0.5) is 28.0 Å². The monoisotopic (exact) mass is 541 g/mol. The van der Waals surface area contributed by atoms with Crippen molar-refractivity contribution in [1.29, 1.82) is 0 Å². The summed E-state index contributed by atoms with van der Waals surface area (Å²) in [6.45, 7) is 4.35. The van der Waals surface area contributed by atoms with Gasteiger partial charge in [-0.1, -0.05) is 38.1 Å². The number of anilines is 1. The van der Waals surface area contributed by atoms with E-state index >= 15 is 0 Å². The largest absolute Gasteiger partial charge is 0.573 e. The zero-order valence-corrected chi connectivity index (χ0v) is 21.3. The minimum Gasteiger partial charge on any atom is -0.406 e. The molecule has 0 aliphatic heterocycles. The number of hydrogen-bond donors (Lipinski definition) is 2. The highest BCUT2D eigenvalue weighted by Gasteiger charge is 2.31.